The molecular formula is C19H23NO. The maximum Gasteiger partial charge on any atom is 0.127 e. The molecule has 110 valence electrons. The number of hydrogen-bond acceptors (Lipinski definition) is 2. The lowest BCUT2D eigenvalue weighted by Crippen LogP contribution is -2.35. The highest BCUT2D eigenvalue weighted by Crippen LogP contribution is 2.29. The van der Waals surface area contributed by atoms with Crippen LogP contribution in [0.3, 0.4) is 0 Å². The number of ether oxygens (including phenoxy) is 1. The van der Waals surface area contributed by atoms with Crippen molar-refractivity contribution in [2.24, 2.45) is 0 Å². The van der Waals surface area contributed by atoms with Crippen LogP contribution in [0.25, 0.3) is 11.1 Å². The molecule has 2 nitrogen and oxygen atoms in total. The maximum absolute atomic E-state index is 6.05. The van der Waals surface area contributed by atoms with Crippen molar-refractivity contribution in [2.45, 2.75) is 31.7 Å². The fraction of sp³-hybridized carbons (Fsp3) is 0.368. The largest absolute Gasteiger partial charge is 0.493 e. The third-order valence-corrected chi connectivity index (χ3v) is 4.11. The highest BCUT2D eigenvalue weighted by atomic mass is 16.5. The van der Waals surface area contributed by atoms with Crippen LogP contribution in [0, 0.1) is 0 Å². The minimum atomic E-state index is 0.627. The molecule has 21 heavy (non-hydrogen) atoms. The van der Waals surface area contributed by atoms with Gasteiger partial charge in [-0.25, -0.2) is 0 Å². The Bertz CT molecular complexity index is 547. The standard InChI is InChI=1S/C19H23NO/c1-2-8-16(9-3-1)18-11-4-5-12-19(18)21-15-13-17-10-6-7-14-20-17/h1-5,8-9,11-12,17,20H,6-7,10,13-15H2/t17-/m1/s1. The lowest BCUT2D eigenvalue weighted by molar-refractivity contribution is 0.269. The molecule has 0 amide bonds. The van der Waals surface area contributed by atoms with Crippen LogP contribution in [0.15, 0.2) is 54.6 Å². The van der Waals surface area contributed by atoms with Crippen LogP contribution in [0.4, 0.5) is 0 Å². The Kier molecular flexibility index (Phi) is 4.90. The van der Waals surface area contributed by atoms with Gasteiger partial charge in [-0.1, -0.05) is 55.0 Å². The molecule has 0 spiro atoms. The van der Waals surface area contributed by atoms with E-state index in [9.17, 15) is 0 Å². The van der Waals surface area contributed by atoms with Crippen LogP contribution in [0.2, 0.25) is 0 Å². The number of nitrogens with one attached hydrogen (secondary N) is 1. The van der Waals surface area contributed by atoms with Crippen LogP contribution in [0.5, 0.6) is 5.75 Å². The van der Waals surface area contributed by atoms with Crippen LogP contribution in [-0.2, 0) is 0 Å². The van der Waals surface area contributed by atoms with Gasteiger partial charge in [-0.15, -0.1) is 0 Å². The molecule has 2 aromatic rings. The summed E-state index contributed by atoms with van der Waals surface area (Å²) in [6.45, 7) is 1.94. The molecule has 0 unspecified atom stereocenters. The van der Waals surface area contributed by atoms with Gasteiger partial charge < -0.3 is 10.1 Å². The van der Waals surface area contributed by atoms with E-state index in [1.165, 1.54) is 30.4 Å². The number of benzene rings is 2. The van der Waals surface area contributed by atoms with Gasteiger partial charge in [0.1, 0.15) is 5.75 Å². The first-order valence-corrected chi connectivity index (χ1v) is 7.94. The Morgan fingerprint density at radius 3 is 2.57 bits per heavy atom. The van der Waals surface area contributed by atoms with Crippen LogP contribution in [-0.4, -0.2) is 19.2 Å². The Balaban J connectivity index is 1.63. The molecule has 1 atom stereocenters. The summed E-state index contributed by atoms with van der Waals surface area (Å²) in [7, 11) is 0. The summed E-state index contributed by atoms with van der Waals surface area (Å²) in [5.41, 5.74) is 2.39. The van der Waals surface area contributed by atoms with Crippen molar-refractivity contribution in [1.82, 2.24) is 5.32 Å². The van der Waals surface area contributed by atoms with Gasteiger partial charge in [0.25, 0.3) is 0 Å². The van der Waals surface area contributed by atoms with Gasteiger partial charge in [-0.3, -0.25) is 0 Å². The fourth-order valence-corrected chi connectivity index (χ4v) is 2.93. The lowest BCUT2D eigenvalue weighted by atomic mass is 10.0. The van der Waals surface area contributed by atoms with Gasteiger partial charge in [0.2, 0.25) is 0 Å². The van der Waals surface area contributed by atoms with E-state index in [1.54, 1.807) is 0 Å². The predicted molar refractivity (Wildman–Crippen MR) is 87.6 cm³/mol. The zero-order valence-corrected chi connectivity index (χ0v) is 12.4. The third kappa shape index (κ3) is 3.85. The fourth-order valence-electron chi connectivity index (χ4n) is 2.93. The first-order valence-electron chi connectivity index (χ1n) is 7.94. The summed E-state index contributed by atoms with van der Waals surface area (Å²) < 4.78 is 6.05. The number of piperidine rings is 1. The van der Waals surface area contributed by atoms with Crippen molar-refractivity contribution >= 4 is 0 Å². The number of hydrogen-bond donors (Lipinski definition) is 1. The van der Waals surface area contributed by atoms with Crippen LogP contribution in [0.1, 0.15) is 25.7 Å². The average molecular weight is 281 g/mol. The molecule has 3 rings (SSSR count). The summed E-state index contributed by atoms with van der Waals surface area (Å²) in [6.07, 6.45) is 5.03. The van der Waals surface area contributed by atoms with E-state index in [4.69, 9.17) is 4.74 Å². The van der Waals surface area contributed by atoms with Crippen molar-refractivity contribution in [2.75, 3.05) is 13.2 Å². The molecule has 0 bridgehead atoms. The molecule has 0 radical (unpaired) electrons. The van der Waals surface area contributed by atoms with E-state index in [0.29, 0.717) is 6.04 Å². The van der Waals surface area contributed by atoms with Crippen molar-refractivity contribution < 1.29 is 4.74 Å². The lowest BCUT2D eigenvalue weighted by Gasteiger charge is -2.23. The van der Waals surface area contributed by atoms with E-state index >= 15 is 0 Å². The molecular weight excluding hydrogens is 258 g/mol. The van der Waals surface area contributed by atoms with Crippen molar-refractivity contribution in [3.8, 4) is 16.9 Å². The second-order valence-electron chi connectivity index (χ2n) is 5.65. The smallest absolute Gasteiger partial charge is 0.127 e. The minimum Gasteiger partial charge on any atom is -0.493 e. The van der Waals surface area contributed by atoms with E-state index in [2.05, 4.69) is 47.8 Å². The Morgan fingerprint density at radius 1 is 0.952 bits per heavy atom. The summed E-state index contributed by atoms with van der Waals surface area (Å²) in [5, 5.41) is 3.57. The molecule has 1 saturated heterocycles. The molecule has 0 saturated carbocycles. The van der Waals surface area contributed by atoms with E-state index in [0.717, 1.165) is 25.3 Å². The molecule has 1 heterocycles. The molecule has 1 fully saturated rings. The highest BCUT2D eigenvalue weighted by molar-refractivity contribution is 5.70. The Hall–Kier alpha value is -1.80. The summed E-state index contributed by atoms with van der Waals surface area (Å²) >= 11 is 0. The Morgan fingerprint density at radius 2 is 1.76 bits per heavy atom. The third-order valence-electron chi connectivity index (χ3n) is 4.11. The van der Waals surface area contributed by atoms with Gasteiger partial charge >= 0.3 is 0 Å². The van der Waals surface area contributed by atoms with Gasteiger partial charge in [0.05, 0.1) is 6.61 Å². The van der Waals surface area contributed by atoms with Crippen LogP contribution >= 0.6 is 0 Å². The molecule has 1 aliphatic rings. The zero-order chi connectivity index (χ0) is 14.3. The average Bonchev–Trinajstić information content (AvgIpc) is 2.57. The first-order chi connectivity index (χ1) is 10.4. The summed E-state index contributed by atoms with van der Waals surface area (Å²) in [4.78, 5) is 0. The number of rotatable bonds is 5. The van der Waals surface area contributed by atoms with Crippen molar-refractivity contribution in [1.29, 1.82) is 0 Å². The number of para-hydroxylation sites is 1. The first kappa shape index (κ1) is 14.2. The molecule has 0 aromatic heterocycles. The monoisotopic (exact) mass is 281 g/mol. The molecule has 2 heteroatoms. The Labute approximate surface area is 127 Å². The SMILES string of the molecule is c1ccc(-c2ccccc2OCC[C@H]2CCCCN2)cc1. The van der Waals surface area contributed by atoms with Gasteiger partial charge in [0, 0.05) is 11.6 Å². The maximum atomic E-state index is 6.05. The molecule has 1 aliphatic heterocycles. The predicted octanol–water partition coefficient (Wildman–Crippen LogP) is 4.26. The van der Waals surface area contributed by atoms with Gasteiger partial charge in [-0.05, 0) is 37.4 Å². The molecule has 1 N–H and O–H groups in total. The second-order valence-corrected chi connectivity index (χ2v) is 5.65. The molecule has 2 aromatic carbocycles. The molecule has 0 aliphatic carbocycles. The quantitative estimate of drug-likeness (QED) is 0.884. The zero-order valence-electron chi connectivity index (χ0n) is 12.4. The van der Waals surface area contributed by atoms with Gasteiger partial charge in [-0.2, -0.15) is 0 Å². The summed E-state index contributed by atoms with van der Waals surface area (Å²) in [6, 6.07) is 19.4. The second kappa shape index (κ2) is 7.28. The van der Waals surface area contributed by atoms with Crippen molar-refractivity contribution in [3.63, 3.8) is 0 Å². The minimum absolute atomic E-state index is 0.627. The highest BCUT2D eigenvalue weighted by Gasteiger charge is 2.12. The van der Waals surface area contributed by atoms with E-state index in [-0.39, 0.29) is 0 Å². The summed E-state index contributed by atoms with van der Waals surface area (Å²) in [5.74, 6) is 0.986. The van der Waals surface area contributed by atoms with E-state index in [1.807, 2.05) is 12.1 Å². The normalized spacial score (nSPS) is 18.4. The van der Waals surface area contributed by atoms with Crippen LogP contribution < -0.4 is 10.1 Å². The van der Waals surface area contributed by atoms with E-state index < -0.39 is 0 Å². The van der Waals surface area contributed by atoms with Gasteiger partial charge in [0.15, 0.2) is 0 Å². The van der Waals surface area contributed by atoms with Crippen molar-refractivity contribution in [3.05, 3.63) is 54.6 Å². The topological polar surface area (TPSA) is 21.3 Å².